The first-order valence-electron chi connectivity index (χ1n) is 10.3. The van der Waals surface area contributed by atoms with Crippen molar-refractivity contribution >= 4 is 5.91 Å². The number of hydrogen-bond acceptors (Lipinski definition) is 2. The van der Waals surface area contributed by atoms with Crippen molar-refractivity contribution in [3.8, 4) is 5.75 Å². The summed E-state index contributed by atoms with van der Waals surface area (Å²) in [7, 11) is 0. The lowest BCUT2D eigenvalue weighted by molar-refractivity contribution is -0.123. The van der Waals surface area contributed by atoms with E-state index in [4.69, 9.17) is 4.74 Å². The standard InChI is InChI=1S/C26H27NO2/c1-19-11-13-22(14-12-19)26(21-8-3-2-4-9-21)27-25(28)18-29-24-16-15-20-7-5-6-10-23(20)17-24/h2-4,8-9,11-17,26H,5-7,10,18H2,1H3,(H,27,28). The summed E-state index contributed by atoms with van der Waals surface area (Å²) < 4.78 is 5.81. The van der Waals surface area contributed by atoms with E-state index in [0.29, 0.717) is 0 Å². The normalized spacial score (nSPS) is 14.0. The molecule has 1 unspecified atom stereocenters. The Bertz CT molecular complexity index is 964. The van der Waals surface area contributed by atoms with E-state index in [1.807, 2.05) is 36.4 Å². The Kier molecular flexibility index (Phi) is 5.95. The Hall–Kier alpha value is -3.07. The quantitative estimate of drug-likeness (QED) is 0.637. The summed E-state index contributed by atoms with van der Waals surface area (Å²) in [6, 6.07) is 24.3. The minimum absolute atomic E-state index is 0.00792. The number of ether oxygens (including phenoxy) is 1. The molecular formula is C26H27NO2. The SMILES string of the molecule is Cc1ccc(C(NC(=O)COc2ccc3c(c2)CCCC3)c2ccccc2)cc1. The third-order valence-electron chi connectivity index (χ3n) is 5.54. The number of hydrogen-bond donors (Lipinski definition) is 1. The van der Waals surface area contributed by atoms with Crippen molar-refractivity contribution in [2.24, 2.45) is 0 Å². The van der Waals surface area contributed by atoms with Gasteiger partial charge >= 0.3 is 0 Å². The first kappa shape index (κ1) is 19.3. The first-order chi connectivity index (χ1) is 14.2. The summed E-state index contributed by atoms with van der Waals surface area (Å²) in [5.41, 5.74) is 6.08. The lowest BCUT2D eigenvalue weighted by Crippen LogP contribution is -2.33. The summed E-state index contributed by atoms with van der Waals surface area (Å²) in [6.45, 7) is 2.07. The van der Waals surface area contributed by atoms with Crippen LogP contribution in [0.5, 0.6) is 5.75 Å². The van der Waals surface area contributed by atoms with Crippen molar-refractivity contribution in [3.63, 3.8) is 0 Å². The van der Waals surface area contributed by atoms with E-state index in [1.54, 1.807) is 0 Å². The number of carbonyl (C=O) groups is 1. The number of amides is 1. The van der Waals surface area contributed by atoms with Crippen LogP contribution in [-0.2, 0) is 17.6 Å². The molecule has 1 aliphatic carbocycles. The van der Waals surface area contributed by atoms with Gasteiger partial charge in [-0.05, 0) is 67.0 Å². The highest BCUT2D eigenvalue weighted by atomic mass is 16.5. The number of benzene rings is 3. The third-order valence-corrected chi connectivity index (χ3v) is 5.54. The molecule has 0 saturated carbocycles. The van der Waals surface area contributed by atoms with Gasteiger partial charge in [-0.2, -0.15) is 0 Å². The van der Waals surface area contributed by atoms with E-state index in [0.717, 1.165) is 29.7 Å². The largest absolute Gasteiger partial charge is 0.484 e. The molecule has 0 radical (unpaired) electrons. The molecule has 4 rings (SSSR count). The summed E-state index contributed by atoms with van der Waals surface area (Å²) in [5.74, 6) is 0.643. The Morgan fingerprint density at radius 1 is 0.897 bits per heavy atom. The molecule has 3 nitrogen and oxygen atoms in total. The zero-order valence-electron chi connectivity index (χ0n) is 16.9. The monoisotopic (exact) mass is 385 g/mol. The van der Waals surface area contributed by atoms with E-state index in [2.05, 4.69) is 48.6 Å². The lowest BCUT2D eigenvalue weighted by Gasteiger charge is -2.21. The molecule has 0 bridgehead atoms. The number of nitrogens with one attached hydrogen (secondary N) is 1. The number of fused-ring (bicyclic) bond motifs is 1. The average Bonchev–Trinajstić information content (AvgIpc) is 2.77. The Morgan fingerprint density at radius 3 is 2.34 bits per heavy atom. The van der Waals surface area contributed by atoms with Gasteiger partial charge in [-0.25, -0.2) is 0 Å². The molecule has 0 fully saturated rings. The predicted molar refractivity (Wildman–Crippen MR) is 116 cm³/mol. The van der Waals surface area contributed by atoms with E-state index >= 15 is 0 Å². The maximum absolute atomic E-state index is 12.7. The second-order valence-corrected chi connectivity index (χ2v) is 7.75. The van der Waals surface area contributed by atoms with E-state index in [9.17, 15) is 4.79 Å². The van der Waals surface area contributed by atoms with Gasteiger partial charge in [0.05, 0.1) is 6.04 Å². The summed E-state index contributed by atoms with van der Waals surface area (Å²) in [4.78, 5) is 12.7. The number of aryl methyl sites for hydroxylation is 3. The van der Waals surface area contributed by atoms with Gasteiger partial charge in [-0.15, -0.1) is 0 Å². The van der Waals surface area contributed by atoms with E-state index in [1.165, 1.54) is 29.5 Å². The molecule has 29 heavy (non-hydrogen) atoms. The smallest absolute Gasteiger partial charge is 0.258 e. The van der Waals surface area contributed by atoms with Crippen LogP contribution in [0.1, 0.15) is 46.7 Å². The topological polar surface area (TPSA) is 38.3 Å². The Labute approximate surface area is 172 Å². The molecule has 0 heterocycles. The molecule has 0 spiro atoms. The Balaban J connectivity index is 1.45. The molecule has 1 aliphatic rings. The van der Waals surface area contributed by atoms with E-state index < -0.39 is 0 Å². The van der Waals surface area contributed by atoms with Crippen molar-refractivity contribution in [3.05, 3.63) is 101 Å². The van der Waals surface area contributed by atoms with Gasteiger partial charge in [0.15, 0.2) is 6.61 Å². The molecule has 0 aromatic heterocycles. The van der Waals surface area contributed by atoms with Crippen LogP contribution >= 0.6 is 0 Å². The van der Waals surface area contributed by atoms with Crippen molar-refractivity contribution in [2.75, 3.05) is 6.61 Å². The number of carbonyl (C=O) groups excluding carboxylic acids is 1. The summed E-state index contributed by atoms with van der Waals surface area (Å²) in [6.07, 6.45) is 4.73. The molecule has 3 aromatic carbocycles. The predicted octanol–water partition coefficient (Wildman–Crippen LogP) is 5.16. The fourth-order valence-electron chi connectivity index (χ4n) is 3.91. The van der Waals surface area contributed by atoms with Gasteiger partial charge in [-0.3, -0.25) is 4.79 Å². The second kappa shape index (κ2) is 8.95. The van der Waals surface area contributed by atoms with Crippen LogP contribution in [0.25, 0.3) is 0 Å². The fourth-order valence-corrected chi connectivity index (χ4v) is 3.91. The maximum atomic E-state index is 12.7. The molecule has 1 atom stereocenters. The van der Waals surface area contributed by atoms with Crippen molar-refractivity contribution in [1.82, 2.24) is 5.32 Å². The van der Waals surface area contributed by atoms with E-state index in [-0.39, 0.29) is 18.6 Å². The van der Waals surface area contributed by atoms with Crippen LogP contribution < -0.4 is 10.1 Å². The minimum atomic E-state index is -0.198. The maximum Gasteiger partial charge on any atom is 0.258 e. The lowest BCUT2D eigenvalue weighted by atomic mass is 9.92. The highest BCUT2D eigenvalue weighted by Gasteiger charge is 2.17. The highest BCUT2D eigenvalue weighted by molar-refractivity contribution is 5.78. The molecule has 1 amide bonds. The zero-order valence-corrected chi connectivity index (χ0v) is 16.9. The average molecular weight is 386 g/mol. The number of rotatable bonds is 6. The summed E-state index contributed by atoms with van der Waals surface area (Å²) >= 11 is 0. The molecule has 1 N–H and O–H groups in total. The van der Waals surface area contributed by atoms with Crippen LogP contribution in [0.4, 0.5) is 0 Å². The van der Waals surface area contributed by atoms with Crippen molar-refractivity contribution < 1.29 is 9.53 Å². The fraction of sp³-hybridized carbons (Fsp3) is 0.269. The van der Waals surface area contributed by atoms with Crippen LogP contribution in [0.3, 0.4) is 0 Å². The van der Waals surface area contributed by atoms with Gasteiger partial charge in [-0.1, -0.05) is 66.2 Å². The summed E-state index contributed by atoms with van der Waals surface area (Å²) in [5, 5.41) is 3.14. The van der Waals surface area contributed by atoms with Crippen LogP contribution in [0.2, 0.25) is 0 Å². The van der Waals surface area contributed by atoms with Crippen molar-refractivity contribution in [2.45, 2.75) is 38.6 Å². The molecule has 0 aliphatic heterocycles. The first-order valence-corrected chi connectivity index (χ1v) is 10.3. The highest BCUT2D eigenvalue weighted by Crippen LogP contribution is 2.26. The van der Waals surface area contributed by atoms with Gasteiger partial charge < -0.3 is 10.1 Å². The van der Waals surface area contributed by atoms with Gasteiger partial charge in [0, 0.05) is 0 Å². The molecule has 3 aromatic rings. The molecule has 0 saturated heterocycles. The van der Waals surface area contributed by atoms with Crippen LogP contribution in [0.15, 0.2) is 72.8 Å². The second-order valence-electron chi connectivity index (χ2n) is 7.75. The molecular weight excluding hydrogens is 358 g/mol. The van der Waals surface area contributed by atoms with Gasteiger partial charge in [0.1, 0.15) is 5.75 Å². The van der Waals surface area contributed by atoms with Crippen LogP contribution in [-0.4, -0.2) is 12.5 Å². The molecule has 3 heteroatoms. The third kappa shape index (κ3) is 4.86. The van der Waals surface area contributed by atoms with Gasteiger partial charge in [0.25, 0.3) is 5.91 Å². The minimum Gasteiger partial charge on any atom is -0.484 e. The van der Waals surface area contributed by atoms with Crippen LogP contribution in [0, 0.1) is 6.92 Å². The Morgan fingerprint density at radius 2 is 1.59 bits per heavy atom. The molecule has 148 valence electrons. The van der Waals surface area contributed by atoms with Crippen molar-refractivity contribution in [1.29, 1.82) is 0 Å². The zero-order chi connectivity index (χ0) is 20.1. The van der Waals surface area contributed by atoms with Gasteiger partial charge in [0.2, 0.25) is 0 Å².